The molecule has 1 aromatic heterocycles. The van der Waals surface area contributed by atoms with Crippen molar-refractivity contribution in [1.29, 1.82) is 0 Å². The van der Waals surface area contributed by atoms with Crippen LogP contribution in [-0.2, 0) is 17.9 Å². The van der Waals surface area contributed by atoms with Crippen molar-refractivity contribution in [3.63, 3.8) is 0 Å². The predicted octanol–water partition coefficient (Wildman–Crippen LogP) is 4.36. The molecule has 8 heteroatoms. The number of anilines is 2. The summed E-state index contributed by atoms with van der Waals surface area (Å²) < 4.78 is 12.3. The first-order valence-electron chi connectivity index (χ1n) is 10.6. The number of hydrogen-bond acceptors (Lipinski definition) is 5. The third-order valence-electron chi connectivity index (χ3n) is 4.94. The zero-order valence-electron chi connectivity index (χ0n) is 18.6. The highest BCUT2D eigenvalue weighted by Gasteiger charge is 2.10. The maximum absolute atomic E-state index is 12.6. The summed E-state index contributed by atoms with van der Waals surface area (Å²) in [5.74, 6) is 0.866. The summed E-state index contributed by atoms with van der Waals surface area (Å²) >= 11 is 0. The second-order valence-electron chi connectivity index (χ2n) is 7.46. The molecule has 0 saturated heterocycles. The maximum Gasteiger partial charge on any atom is 0.255 e. The third-order valence-corrected chi connectivity index (χ3v) is 4.94. The van der Waals surface area contributed by atoms with Gasteiger partial charge in [-0.25, -0.2) is 0 Å². The first-order chi connectivity index (χ1) is 16.6. The minimum absolute atomic E-state index is 0.00928. The van der Waals surface area contributed by atoms with E-state index in [1.54, 1.807) is 61.8 Å². The van der Waals surface area contributed by atoms with E-state index in [1.807, 2.05) is 30.3 Å². The quantitative estimate of drug-likeness (QED) is 0.390. The Hall–Kier alpha value is -4.59. The second kappa shape index (κ2) is 10.8. The molecule has 0 saturated carbocycles. The summed E-state index contributed by atoms with van der Waals surface area (Å²) in [4.78, 5) is 24.8. The van der Waals surface area contributed by atoms with Gasteiger partial charge in [0, 0.05) is 17.4 Å². The van der Waals surface area contributed by atoms with Gasteiger partial charge in [0.25, 0.3) is 5.91 Å². The summed E-state index contributed by atoms with van der Waals surface area (Å²) in [6.45, 7) is 0.465. The van der Waals surface area contributed by atoms with Gasteiger partial charge in [-0.1, -0.05) is 30.3 Å². The van der Waals surface area contributed by atoms with Crippen LogP contribution in [0.15, 0.2) is 91.3 Å². The van der Waals surface area contributed by atoms with E-state index >= 15 is 0 Å². The summed E-state index contributed by atoms with van der Waals surface area (Å²) in [6.07, 6.45) is 3.10. The molecule has 4 rings (SSSR count). The molecule has 0 fully saturated rings. The SMILES string of the molecule is COc1ccc(NC(=O)Cn2cc(NC(=O)c3ccc(OCc4ccccc4)cc3)cn2)cc1. The van der Waals surface area contributed by atoms with E-state index in [0.717, 1.165) is 5.56 Å². The Morgan fingerprint density at radius 2 is 1.56 bits per heavy atom. The molecular weight excluding hydrogens is 432 g/mol. The van der Waals surface area contributed by atoms with Gasteiger partial charge in [-0.3, -0.25) is 14.3 Å². The van der Waals surface area contributed by atoms with Crippen LogP contribution in [0, 0.1) is 0 Å². The van der Waals surface area contributed by atoms with Crippen molar-refractivity contribution in [1.82, 2.24) is 9.78 Å². The van der Waals surface area contributed by atoms with Crippen molar-refractivity contribution in [2.75, 3.05) is 17.7 Å². The summed E-state index contributed by atoms with van der Waals surface area (Å²) in [7, 11) is 1.58. The number of nitrogens with one attached hydrogen (secondary N) is 2. The van der Waals surface area contributed by atoms with Crippen LogP contribution in [0.3, 0.4) is 0 Å². The summed E-state index contributed by atoms with van der Waals surface area (Å²) in [5.41, 5.74) is 2.70. The lowest BCUT2D eigenvalue weighted by Gasteiger charge is -2.07. The van der Waals surface area contributed by atoms with E-state index in [1.165, 1.54) is 10.9 Å². The zero-order valence-corrected chi connectivity index (χ0v) is 18.6. The largest absolute Gasteiger partial charge is 0.497 e. The Kier molecular flexibility index (Phi) is 7.19. The lowest BCUT2D eigenvalue weighted by molar-refractivity contribution is -0.116. The van der Waals surface area contributed by atoms with Gasteiger partial charge in [0.15, 0.2) is 0 Å². The van der Waals surface area contributed by atoms with Crippen molar-refractivity contribution < 1.29 is 19.1 Å². The van der Waals surface area contributed by atoms with Crippen LogP contribution in [-0.4, -0.2) is 28.7 Å². The molecule has 1 heterocycles. The lowest BCUT2D eigenvalue weighted by Crippen LogP contribution is -2.19. The average molecular weight is 457 g/mol. The summed E-state index contributed by atoms with van der Waals surface area (Å²) in [5, 5.41) is 9.71. The molecule has 0 aliphatic rings. The highest BCUT2D eigenvalue weighted by molar-refractivity contribution is 6.04. The van der Waals surface area contributed by atoms with Crippen molar-refractivity contribution in [3.05, 3.63) is 102 Å². The molecule has 0 aliphatic carbocycles. The number of hydrogen-bond donors (Lipinski definition) is 2. The monoisotopic (exact) mass is 456 g/mol. The fraction of sp³-hybridized carbons (Fsp3) is 0.115. The molecule has 0 aliphatic heterocycles. The molecular formula is C26H24N4O4. The first kappa shape index (κ1) is 22.6. The van der Waals surface area contributed by atoms with E-state index in [4.69, 9.17) is 9.47 Å². The van der Waals surface area contributed by atoms with Crippen LogP contribution < -0.4 is 20.1 Å². The third kappa shape index (κ3) is 6.23. The fourth-order valence-electron chi connectivity index (χ4n) is 3.18. The van der Waals surface area contributed by atoms with Gasteiger partial charge in [-0.2, -0.15) is 5.10 Å². The number of amides is 2. The predicted molar refractivity (Wildman–Crippen MR) is 129 cm³/mol. The van der Waals surface area contributed by atoms with Crippen LogP contribution in [0.5, 0.6) is 11.5 Å². The van der Waals surface area contributed by atoms with Crippen LogP contribution >= 0.6 is 0 Å². The average Bonchev–Trinajstić information content (AvgIpc) is 3.30. The Labute approximate surface area is 197 Å². The molecule has 0 radical (unpaired) electrons. The molecule has 0 spiro atoms. The molecule has 34 heavy (non-hydrogen) atoms. The number of ether oxygens (including phenoxy) is 2. The highest BCUT2D eigenvalue weighted by atomic mass is 16.5. The Balaban J connectivity index is 1.27. The number of carbonyl (C=O) groups excluding carboxylic acids is 2. The molecule has 8 nitrogen and oxygen atoms in total. The fourth-order valence-corrected chi connectivity index (χ4v) is 3.18. The van der Waals surface area contributed by atoms with E-state index in [2.05, 4.69) is 15.7 Å². The van der Waals surface area contributed by atoms with Crippen molar-refractivity contribution >= 4 is 23.2 Å². The molecule has 4 aromatic rings. The minimum atomic E-state index is -0.281. The molecule has 0 unspecified atom stereocenters. The molecule has 2 amide bonds. The Morgan fingerprint density at radius 1 is 0.853 bits per heavy atom. The number of carbonyl (C=O) groups is 2. The first-order valence-corrected chi connectivity index (χ1v) is 10.6. The number of aromatic nitrogens is 2. The van der Waals surface area contributed by atoms with Crippen LogP contribution in [0.4, 0.5) is 11.4 Å². The zero-order chi connectivity index (χ0) is 23.8. The topological polar surface area (TPSA) is 94.5 Å². The standard InChI is InChI=1S/C26H24N4O4/c1-33-23-13-9-21(10-14-23)28-25(31)17-30-16-22(15-27-30)29-26(32)20-7-11-24(12-8-20)34-18-19-5-3-2-4-6-19/h2-16H,17-18H2,1H3,(H,28,31)(H,29,32). The number of benzene rings is 3. The van der Waals surface area contributed by atoms with Crippen molar-refractivity contribution in [2.24, 2.45) is 0 Å². The van der Waals surface area contributed by atoms with Gasteiger partial charge in [0.05, 0.1) is 19.0 Å². The van der Waals surface area contributed by atoms with Gasteiger partial charge in [0.2, 0.25) is 5.91 Å². The normalized spacial score (nSPS) is 10.4. The van der Waals surface area contributed by atoms with Gasteiger partial charge >= 0.3 is 0 Å². The van der Waals surface area contributed by atoms with Crippen LogP contribution in [0.1, 0.15) is 15.9 Å². The maximum atomic E-state index is 12.6. The molecule has 172 valence electrons. The van der Waals surface area contributed by atoms with Gasteiger partial charge in [-0.15, -0.1) is 0 Å². The van der Waals surface area contributed by atoms with Crippen molar-refractivity contribution in [3.8, 4) is 11.5 Å². The van der Waals surface area contributed by atoms with Crippen molar-refractivity contribution in [2.45, 2.75) is 13.2 Å². The Bertz CT molecular complexity index is 1240. The van der Waals surface area contributed by atoms with E-state index in [9.17, 15) is 9.59 Å². The Morgan fingerprint density at radius 3 is 2.26 bits per heavy atom. The van der Waals surface area contributed by atoms with Gasteiger partial charge < -0.3 is 20.1 Å². The molecule has 0 bridgehead atoms. The second-order valence-corrected chi connectivity index (χ2v) is 7.46. The van der Waals surface area contributed by atoms with E-state index < -0.39 is 0 Å². The van der Waals surface area contributed by atoms with Gasteiger partial charge in [0.1, 0.15) is 24.7 Å². The molecule has 0 atom stereocenters. The highest BCUT2D eigenvalue weighted by Crippen LogP contribution is 2.17. The van der Waals surface area contributed by atoms with Crippen LogP contribution in [0.25, 0.3) is 0 Å². The van der Waals surface area contributed by atoms with Crippen LogP contribution in [0.2, 0.25) is 0 Å². The number of methoxy groups -OCH3 is 1. The van der Waals surface area contributed by atoms with Gasteiger partial charge in [-0.05, 0) is 54.1 Å². The lowest BCUT2D eigenvalue weighted by atomic mass is 10.2. The van der Waals surface area contributed by atoms with E-state index in [0.29, 0.717) is 35.0 Å². The number of nitrogens with zero attached hydrogens (tertiary/aromatic N) is 2. The van der Waals surface area contributed by atoms with E-state index in [-0.39, 0.29) is 18.4 Å². The minimum Gasteiger partial charge on any atom is -0.497 e. The molecule has 2 N–H and O–H groups in total. The number of rotatable bonds is 9. The summed E-state index contributed by atoms with van der Waals surface area (Å²) in [6, 6.07) is 23.8. The smallest absolute Gasteiger partial charge is 0.255 e. The molecule has 3 aromatic carbocycles.